The topological polar surface area (TPSA) is 0 Å². The van der Waals surface area contributed by atoms with Crippen molar-refractivity contribution in [2.45, 2.75) is 111 Å². The molecule has 4 saturated carbocycles. The summed E-state index contributed by atoms with van der Waals surface area (Å²) in [5.41, 5.74) is 1.37. The Balaban J connectivity index is 0.00000102. The Bertz CT molecular complexity index is 510. The zero-order valence-corrected chi connectivity index (χ0v) is 20.0. The molecule has 4 aliphatic carbocycles. The van der Waals surface area contributed by atoms with Crippen LogP contribution in [0.1, 0.15) is 111 Å². The van der Waals surface area contributed by atoms with Gasteiger partial charge < -0.3 is 0 Å². The smallest absolute Gasteiger partial charge is 0.0266 e. The van der Waals surface area contributed by atoms with Gasteiger partial charge in [-0.05, 0) is 111 Å². The third kappa shape index (κ3) is 3.96. The standard InChI is InChI=1S/C24H41P.C2H6/c1-17(25)7-6-9-19-11-13-21-20-12-10-18-8-4-5-15-23(18,2)22(20)14-16-24(19,21)3;1-2/h18-22H,1,4-16,25H2,2-3H3;1-2H3. The van der Waals surface area contributed by atoms with Crippen LogP contribution in [0.5, 0.6) is 0 Å². The maximum Gasteiger partial charge on any atom is -0.0266 e. The van der Waals surface area contributed by atoms with Crippen molar-refractivity contribution in [3.8, 4) is 0 Å². The first kappa shape index (κ1) is 21.9. The molecule has 0 heterocycles. The summed E-state index contributed by atoms with van der Waals surface area (Å²) in [6.07, 6.45) is 19.4. The zero-order chi connectivity index (χ0) is 19.7. The lowest BCUT2D eigenvalue weighted by molar-refractivity contribution is -0.111. The predicted molar refractivity (Wildman–Crippen MR) is 124 cm³/mol. The first-order valence-corrected chi connectivity index (χ1v) is 13.0. The van der Waals surface area contributed by atoms with E-state index in [4.69, 9.17) is 0 Å². The van der Waals surface area contributed by atoms with Crippen LogP contribution in [-0.2, 0) is 0 Å². The number of rotatable bonds is 4. The lowest BCUT2D eigenvalue weighted by atomic mass is 9.45. The molecule has 0 radical (unpaired) electrons. The molecule has 0 aliphatic heterocycles. The summed E-state index contributed by atoms with van der Waals surface area (Å²) in [7, 11) is 2.80. The number of allylic oxidation sites excluding steroid dienone is 1. The fourth-order valence-electron chi connectivity index (χ4n) is 8.45. The Morgan fingerprint density at radius 2 is 1.63 bits per heavy atom. The highest BCUT2D eigenvalue weighted by molar-refractivity contribution is 7.22. The zero-order valence-electron chi connectivity index (χ0n) is 18.9. The third-order valence-corrected chi connectivity index (χ3v) is 10.1. The first-order valence-electron chi connectivity index (χ1n) is 12.4. The second-order valence-electron chi connectivity index (χ2n) is 10.8. The summed E-state index contributed by atoms with van der Waals surface area (Å²) in [6, 6.07) is 0. The maximum absolute atomic E-state index is 4.08. The molecule has 4 fully saturated rings. The quantitative estimate of drug-likeness (QED) is 0.421. The Hall–Kier alpha value is 0.170. The van der Waals surface area contributed by atoms with Crippen molar-refractivity contribution in [3.63, 3.8) is 0 Å². The van der Waals surface area contributed by atoms with Crippen LogP contribution in [0.3, 0.4) is 0 Å². The van der Waals surface area contributed by atoms with Crippen molar-refractivity contribution < 1.29 is 0 Å². The van der Waals surface area contributed by atoms with Gasteiger partial charge in [-0.15, -0.1) is 9.24 Å². The second-order valence-corrected chi connectivity index (χ2v) is 11.6. The predicted octanol–water partition coefficient (Wildman–Crippen LogP) is 8.62. The van der Waals surface area contributed by atoms with Crippen LogP contribution in [0.15, 0.2) is 11.9 Å². The normalized spacial score (nSPS) is 45.7. The van der Waals surface area contributed by atoms with E-state index in [-0.39, 0.29) is 0 Å². The van der Waals surface area contributed by atoms with Gasteiger partial charge in [-0.1, -0.05) is 52.4 Å². The Kier molecular flexibility index (Phi) is 7.21. The van der Waals surface area contributed by atoms with E-state index in [0.29, 0.717) is 10.8 Å². The molecule has 4 aliphatic rings. The molecule has 4 rings (SSSR count). The van der Waals surface area contributed by atoms with E-state index < -0.39 is 0 Å². The van der Waals surface area contributed by atoms with Crippen LogP contribution < -0.4 is 0 Å². The Morgan fingerprint density at radius 3 is 2.37 bits per heavy atom. The van der Waals surface area contributed by atoms with Crippen molar-refractivity contribution in [1.82, 2.24) is 0 Å². The minimum absolute atomic E-state index is 0.668. The summed E-state index contributed by atoms with van der Waals surface area (Å²) < 4.78 is 0. The average molecular weight is 391 g/mol. The van der Waals surface area contributed by atoms with Crippen molar-refractivity contribution in [2.24, 2.45) is 40.4 Å². The number of fused-ring (bicyclic) bond motifs is 5. The second kappa shape index (κ2) is 8.90. The van der Waals surface area contributed by atoms with Gasteiger partial charge in [0.2, 0.25) is 0 Å². The summed E-state index contributed by atoms with van der Waals surface area (Å²) in [4.78, 5) is 0. The molecule has 27 heavy (non-hydrogen) atoms. The van der Waals surface area contributed by atoms with Gasteiger partial charge in [-0.3, -0.25) is 0 Å². The molecule has 0 saturated heterocycles. The van der Waals surface area contributed by atoms with Crippen LogP contribution in [0.2, 0.25) is 0 Å². The third-order valence-electron chi connectivity index (χ3n) is 9.83. The number of hydrogen-bond donors (Lipinski definition) is 0. The first-order chi connectivity index (χ1) is 12.9. The van der Waals surface area contributed by atoms with Gasteiger partial charge in [0, 0.05) is 0 Å². The SMILES string of the molecule is C=C(P)CCCC1CCC2C3CCC4CCCCC4(C)C3CCC12C.CC. The van der Waals surface area contributed by atoms with Gasteiger partial charge >= 0.3 is 0 Å². The van der Waals surface area contributed by atoms with E-state index in [1.54, 1.807) is 38.5 Å². The Morgan fingerprint density at radius 1 is 0.889 bits per heavy atom. The molecule has 0 spiro atoms. The van der Waals surface area contributed by atoms with Crippen molar-refractivity contribution >= 4 is 9.24 Å². The number of hydrogen-bond acceptors (Lipinski definition) is 0. The van der Waals surface area contributed by atoms with Gasteiger partial charge in [-0.2, -0.15) is 0 Å². The summed E-state index contributed by atoms with van der Waals surface area (Å²) >= 11 is 0. The van der Waals surface area contributed by atoms with Crippen molar-refractivity contribution in [3.05, 3.63) is 11.9 Å². The molecule has 0 amide bonds. The molecule has 0 bridgehead atoms. The van der Waals surface area contributed by atoms with Crippen LogP contribution in [-0.4, -0.2) is 0 Å². The highest BCUT2D eigenvalue weighted by Gasteiger charge is 2.59. The van der Waals surface area contributed by atoms with Crippen LogP contribution >= 0.6 is 9.24 Å². The largest absolute Gasteiger partial charge is 0.111 e. The highest BCUT2D eigenvalue weighted by atomic mass is 31.0. The molecule has 0 aromatic heterocycles. The fraction of sp³-hybridized carbons (Fsp3) is 0.923. The Labute approximate surface area is 172 Å². The molecule has 156 valence electrons. The molecule has 0 aromatic carbocycles. The molecule has 8 atom stereocenters. The van der Waals surface area contributed by atoms with Gasteiger partial charge in [0.25, 0.3) is 0 Å². The summed E-state index contributed by atoms with van der Waals surface area (Å²) in [6.45, 7) is 13.5. The molecular formula is C26H47P. The van der Waals surface area contributed by atoms with E-state index in [9.17, 15) is 0 Å². The lowest BCUT2D eigenvalue weighted by Crippen LogP contribution is -2.52. The van der Waals surface area contributed by atoms with Gasteiger partial charge in [0.15, 0.2) is 0 Å². The lowest BCUT2D eigenvalue weighted by Gasteiger charge is -2.60. The minimum Gasteiger partial charge on any atom is -0.111 e. The van der Waals surface area contributed by atoms with Gasteiger partial charge in [-0.25, -0.2) is 0 Å². The van der Waals surface area contributed by atoms with Crippen molar-refractivity contribution in [1.29, 1.82) is 0 Å². The molecule has 0 aromatic rings. The minimum atomic E-state index is 0.668. The van der Waals surface area contributed by atoms with Crippen LogP contribution in [0.4, 0.5) is 0 Å². The van der Waals surface area contributed by atoms with E-state index >= 15 is 0 Å². The van der Waals surface area contributed by atoms with Gasteiger partial charge in [0.05, 0.1) is 0 Å². The maximum atomic E-state index is 4.08. The molecule has 0 nitrogen and oxygen atoms in total. The van der Waals surface area contributed by atoms with Gasteiger partial charge in [0.1, 0.15) is 0 Å². The fourth-order valence-corrected chi connectivity index (χ4v) is 8.66. The summed E-state index contributed by atoms with van der Waals surface area (Å²) in [5.74, 6) is 5.25. The van der Waals surface area contributed by atoms with E-state index in [1.807, 2.05) is 13.8 Å². The molecular weight excluding hydrogens is 343 g/mol. The van der Waals surface area contributed by atoms with Crippen LogP contribution in [0, 0.1) is 40.4 Å². The van der Waals surface area contributed by atoms with E-state index in [2.05, 4.69) is 29.7 Å². The van der Waals surface area contributed by atoms with Crippen molar-refractivity contribution in [2.75, 3.05) is 0 Å². The molecule has 0 N–H and O–H groups in total. The average Bonchev–Trinajstić information content (AvgIpc) is 2.99. The van der Waals surface area contributed by atoms with E-state index in [0.717, 1.165) is 29.6 Å². The summed E-state index contributed by atoms with van der Waals surface area (Å²) in [5, 5.41) is 1.30. The highest BCUT2D eigenvalue weighted by Crippen LogP contribution is 2.67. The molecule has 8 unspecified atom stereocenters. The van der Waals surface area contributed by atoms with E-state index in [1.165, 1.54) is 50.3 Å². The monoisotopic (exact) mass is 390 g/mol. The molecule has 1 heteroatoms. The van der Waals surface area contributed by atoms with Crippen LogP contribution in [0.25, 0.3) is 0 Å².